The summed E-state index contributed by atoms with van der Waals surface area (Å²) in [4.78, 5) is 12.2. The van der Waals surface area contributed by atoms with Crippen molar-refractivity contribution in [1.82, 2.24) is 0 Å². The van der Waals surface area contributed by atoms with Gasteiger partial charge in [0.15, 0.2) is 0 Å². The minimum absolute atomic E-state index is 0.235. The quantitative estimate of drug-likeness (QED) is 0.306. The van der Waals surface area contributed by atoms with Crippen LogP contribution in [0.25, 0.3) is 0 Å². The average molecular weight is 492 g/mol. The van der Waals surface area contributed by atoms with Crippen LogP contribution in [0.15, 0.2) is 0 Å². The van der Waals surface area contributed by atoms with Crippen LogP contribution in [0.1, 0.15) is 51.9 Å². The summed E-state index contributed by atoms with van der Waals surface area (Å²) in [6.45, 7) is 1.60. The first-order valence-electron chi connectivity index (χ1n) is 10.2. The zero-order valence-corrected chi connectivity index (χ0v) is 16.9. The largest absolute Gasteiger partial charge is 0.462 e. The Morgan fingerprint density at radius 2 is 1.28 bits per heavy atom. The highest BCUT2D eigenvalue weighted by atomic mass is 19.4. The second-order valence-corrected chi connectivity index (χ2v) is 8.45. The van der Waals surface area contributed by atoms with Crippen molar-refractivity contribution < 1.29 is 57.8 Å². The number of esters is 1. The van der Waals surface area contributed by atoms with E-state index >= 15 is 0 Å². The van der Waals surface area contributed by atoms with Crippen LogP contribution in [0.3, 0.4) is 0 Å². The molecule has 0 saturated heterocycles. The van der Waals surface area contributed by atoms with Crippen molar-refractivity contribution in [3.63, 3.8) is 0 Å². The van der Waals surface area contributed by atoms with Gasteiger partial charge in [-0.05, 0) is 32.1 Å². The molecular weight excluding hydrogens is 469 g/mol. The summed E-state index contributed by atoms with van der Waals surface area (Å²) >= 11 is 0. The predicted molar refractivity (Wildman–Crippen MR) is 89.0 cm³/mol. The molecule has 0 spiro atoms. The van der Waals surface area contributed by atoms with Crippen molar-refractivity contribution in [2.75, 3.05) is 0 Å². The van der Waals surface area contributed by atoms with Gasteiger partial charge in [0.2, 0.25) is 0 Å². The van der Waals surface area contributed by atoms with Crippen LogP contribution in [0.4, 0.5) is 48.3 Å². The fraction of sp³-hybridized carbons (Fsp3) is 0.947. The van der Waals surface area contributed by atoms with Crippen LogP contribution in [-0.4, -0.2) is 48.4 Å². The zero-order chi connectivity index (χ0) is 24.7. The molecule has 0 aromatic carbocycles. The lowest BCUT2D eigenvalue weighted by molar-refractivity contribution is -0.404. The first kappa shape index (κ1) is 26.9. The molecule has 0 bridgehead atoms. The maximum Gasteiger partial charge on any atom is 0.460 e. The lowest BCUT2D eigenvalue weighted by Gasteiger charge is -2.40. The van der Waals surface area contributed by atoms with Gasteiger partial charge in [-0.3, -0.25) is 4.79 Å². The van der Waals surface area contributed by atoms with E-state index in [9.17, 15) is 53.1 Å². The summed E-state index contributed by atoms with van der Waals surface area (Å²) in [6.07, 6.45) is -14.4. The molecular formula is C19H23F11O2. The highest BCUT2D eigenvalue weighted by Crippen LogP contribution is 2.57. The molecule has 2 saturated carbocycles. The van der Waals surface area contributed by atoms with Gasteiger partial charge < -0.3 is 4.74 Å². The van der Waals surface area contributed by atoms with E-state index in [1.165, 1.54) is 0 Å². The Balaban J connectivity index is 1.98. The van der Waals surface area contributed by atoms with Gasteiger partial charge >= 0.3 is 29.9 Å². The highest BCUT2D eigenvalue weighted by molar-refractivity contribution is 5.72. The van der Waals surface area contributed by atoms with Crippen LogP contribution in [0.2, 0.25) is 0 Å². The lowest BCUT2D eigenvalue weighted by atomic mass is 9.76. The molecule has 0 aromatic heterocycles. The van der Waals surface area contributed by atoms with Gasteiger partial charge in [0, 0.05) is 24.7 Å². The standard InChI is InChI=1S/C19H23F11O2/c1-2-12-13(20)7-11(8-14(12)21)32-15(31)9-3-5-10(6-4-9)16(22,23)17(24,25)18(26,27)19(28,29)30/h9-14H,2-8H2,1H3. The summed E-state index contributed by atoms with van der Waals surface area (Å²) in [5, 5.41) is 0. The molecule has 0 heterocycles. The Morgan fingerprint density at radius 3 is 1.69 bits per heavy atom. The van der Waals surface area contributed by atoms with E-state index in [1.54, 1.807) is 6.92 Å². The Morgan fingerprint density at radius 1 is 0.812 bits per heavy atom. The fourth-order valence-corrected chi connectivity index (χ4v) is 4.38. The van der Waals surface area contributed by atoms with E-state index in [4.69, 9.17) is 4.74 Å². The molecule has 2 unspecified atom stereocenters. The van der Waals surface area contributed by atoms with Gasteiger partial charge in [0.25, 0.3) is 0 Å². The molecule has 2 aliphatic carbocycles. The van der Waals surface area contributed by atoms with E-state index < -0.39 is 91.8 Å². The van der Waals surface area contributed by atoms with E-state index in [0.29, 0.717) is 0 Å². The molecule has 2 fully saturated rings. The minimum Gasteiger partial charge on any atom is -0.462 e. The van der Waals surface area contributed by atoms with Crippen molar-refractivity contribution in [3.8, 4) is 0 Å². The number of carbonyl (C=O) groups is 1. The summed E-state index contributed by atoms with van der Waals surface area (Å²) in [5.74, 6) is -24.8. The maximum absolute atomic E-state index is 14.0. The Bertz CT molecular complexity index is 644. The monoisotopic (exact) mass is 492 g/mol. The third kappa shape index (κ3) is 4.80. The SMILES string of the molecule is CCC1C(F)CC(OC(=O)C2CCC(C(F)(F)C(F)(F)C(F)(F)C(F)(F)F)CC2)CC1F. The maximum atomic E-state index is 14.0. The van der Waals surface area contributed by atoms with E-state index in [2.05, 4.69) is 0 Å². The molecule has 0 aliphatic heterocycles. The third-order valence-corrected chi connectivity index (χ3v) is 6.40. The fourth-order valence-electron chi connectivity index (χ4n) is 4.38. The molecule has 0 amide bonds. The number of carbonyl (C=O) groups excluding carboxylic acids is 1. The Labute approximate surface area is 176 Å². The number of alkyl halides is 11. The first-order chi connectivity index (χ1) is 14.5. The minimum atomic E-state index is -6.96. The normalized spacial score (nSPS) is 33.1. The van der Waals surface area contributed by atoms with Crippen LogP contribution < -0.4 is 0 Å². The molecule has 0 N–H and O–H groups in total. The number of halogens is 11. The van der Waals surface area contributed by atoms with Crippen molar-refractivity contribution in [1.29, 1.82) is 0 Å². The Hall–Kier alpha value is -1.30. The predicted octanol–water partition coefficient (Wildman–Crippen LogP) is 6.67. The van der Waals surface area contributed by atoms with Crippen molar-refractivity contribution in [2.45, 2.75) is 94.3 Å². The summed E-state index contributed by atoms with van der Waals surface area (Å²) in [5.41, 5.74) is 0. The topological polar surface area (TPSA) is 26.3 Å². The van der Waals surface area contributed by atoms with Crippen LogP contribution in [0, 0.1) is 17.8 Å². The van der Waals surface area contributed by atoms with Gasteiger partial charge in [-0.15, -0.1) is 0 Å². The number of rotatable bonds is 6. The van der Waals surface area contributed by atoms with Gasteiger partial charge in [-0.25, -0.2) is 8.78 Å². The Kier molecular flexibility index (Phi) is 7.71. The third-order valence-electron chi connectivity index (χ3n) is 6.40. The molecule has 188 valence electrons. The van der Waals surface area contributed by atoms with E-state index in [1.807, 2.05) is 0 Å². The summed E-state index contributed by atoms with van der Waals surface area (Å²) < 4.78 is 151. The number of ether oxygens (including phenoxy) is 1. The smallest absolute Gasteiger partial charge is 0.460 e. The molecule has 2 aliphatic rings. The van der Waals surface area contributed by atoms with E-state index in [0.717, 1.165) is 0 Å². The van der Waals surface area contributed by atoms with Crippen LogP contribution in [-0.2, 0) is 9.53 Å². The number of hydrogen-bond acceptors (Lipinski definition) is 2. The van der Waals surface area contributed by atoms with Crippen molar-refractivity contribution >= 4 is 5.97 Å². The molecule has 32 heavy (non-hydrogen) atoms. The number of hydrogen-bond donors (Lipinski definition) is 0. The van der Waals surface area contributed by atoms with Crippen LogP contribution in [0.5, 0.6) is 0 Å². The molecule has 2 rings (SSSR count). The zero-order valence-electron chi connectivity index (χ0n) is 16.9. The van der Waals surface area contributed by atoms with Gasteiger partial charge in [-0.2, -0.15) is 39.5 Å². The second-order valence-electron chi connectivity index (χ2n) is 8.45. The van der Waals surface area contributed by atoms with Crippen LogP contribution >= 0.6 is 0 Å². The van der Waals surface area contributed by atoms with Gasteiger partial charge in [-0.1, -0.05) is 6.92 Å². The second kappa shape index (κ2) is 9.15. The van der Waals surface area contributed by atoms with Crippen molar-refractivity contribution in [3.05, 3.63) is 0 Å². The molecule has 2 atom stereocenters. The molecule has 2 nitrogen and oxygen atoms in total. The first-order valence-corrected chi connectivity index (χ1v) is 10.2. The van der Waals surface area contributed by atoms with Gasteiger partial charge in [0.05, 0.1) is 5.92 Å². The molecule has 13 heteroatoms. The molecule has 0 aromatic rings. The summed E-state index contributed by atoms with van der Waals surface area (Å²) in [6, 6.07) is 0. The molecule has 0 radical (unpaired) electrons. The average Bonchev–Trinajstić information content (AvgIpc) is 2.66. The highest BCUT2D eigenvalue weighted by Gasteiger charge is 2.82. The lowest BCUT2D eigenvalue weighted by Crippen LogP contribution is -2.63. The summed E-state index contributed by atoms with van der Waals surface area (Å²) in [7, 11) is 0. The van der Waals surface area contributed by atoms with Gasteiger partial charge in [0.1, 0.15) is 18.4 Å². The van der Waals surface area contributed by atoms with Crippen molar-refractivity contribution in [2.24, 2.45) is 17.8 Å². The van der Waals surface area contributed by atoms with E-state index in [-0.39, 0.29) is 19.3 Å².